The third-order valence-electron chi connectivity index (χ3n) is 3.07. The molecule has 1 aliphatic heterocycles. The topological polar surface area (TPSA) is 21.3 Å². The quantitative estimate of drug-likeness (QED) is 0.840. The number of ether oxygens (including phenoxy) is 1. The molecule has 1 N–H and O–H groups in total. The maximum atomic E-state index is 6.10. The summed E-state index contributed by atoms with van der Waals surface area (Å²) < 4.78 is 6.10. The Bertz CT molecular complexity index is 318. The summed E-state index contributed by atoms with van der Waals surface area (Å²) in [5, 5.41) is 3.36. The molecule has 0 amide bonds. The van der Waals surface area contributed by atoms with Crippen LogP contribution in [-0.4, -0.2) is 19.2 Å². The molecule has 1 fully saturated rings. The van der Waals surface area contributed by atoms with Crippen LogP contribution in [0, 0.1) is 0 Å². The van der Waals surface area contributed by atoms with E-state index in [1.807, 2.05) is 0 Å². The summed E-state index contributed by atoms with van der Waals surface area (Å²) >= 11 is 0. The van der Waals surface area contributed by atoms with Gasteiger partial charge in [0.2, 0.25) is 0 Å². The van der Waals surface area contributed by atoms with E-state index in [-0.39, 0.29) is 0 Å². The lowest BCUT2D eigenvalue weighted by Gasteiger charge is -2.25. The number of piperidine rings is 1. The molecule has 1 aromatic rings. The van der Waals surface area contributed by atoms with Gasteiger partial charge in [0, 0.05) is 0 Å². The molecular formula is C14H21NO. The van der Waals surface area contributed by atoms with Crippen LogP contribution in [0.25, 0.3) is 0 Å². The Morgan fingerprint density at radius 2 is 2.00 bits per heavy atom. The summed E-state index contributed by atoms with van der Waals surface area (Å²) in [5.74, 6) is 1.09. The average molecular weight is 219 g/mol. The first-order chi connectivity index (χ1) is 7.90. The molecule has 0 spiro atoms. The van der Waals surface area contributed by atoms with Crippen LogP contribution in [0.3, 0.4) is 0 Å². The molecular weight excluding hydrogens is 198 g/mol. The number of aryl methyl sites for hydroxylation is 1. The first kappa shape index (κ1) is 11.5. The highest BCUT2D eigenvalue weighted by Gasteiger charge is 2.15. The Morgan fingerprint density at radius 1 is 1.25 bits per heavy atom. The van der Waals surface area contributed by atoms with Crippen molar-refractivity contribution in [2.45, 2.75) is 38.7 Å². The lowest BCUT2D eigenvalue weighted by atomic mass is 10.1. The molecule has 0 radical (unpaired) electrons. The van der Waals surface area contributed by atoms with Crippen LogP contribution in [-0.2, 0) is 6.42 Å². The van der Waals surface area contributed by atoms with Crippen LogP contribution in [0.5, 0.6) is 5.75 Å². The zero-order chi connectivity index (χ0) is 11.2. The van der Waals surface area contributed by atoms with Crippen molar-refractivity contribution in [3.63, 3.8) is 0 Å². The van der Waals surface area contributed by atoms with Gasteiger partial charge in [-0.3, -0.25) is 0 Å². The van der Waals surface area contributed by atoms with Crippen LogP contribution < -0.4 is 10.1 Å². The number of nitrogens with one attached hydrogen (secondary N) is 1. The fourth-order valence-corrected chi connectivity index (χ4v) is 2.19. The van der Waals surface area contributed by atoms with Gasteiger partial charge in [0.05, 0.1) is 0 Å². The number of para-hydroxylation sites is 1. The molecule has 0 aliphatic carbocycles. The zero-order valence-corrected chi connectivity index (χ0v) is 10.0. The van der Waals surface area contributed by atoms with Gasteiger partial charge in [-0.25, -0.2) is 0 Å². The normalized spacial score (nSPS) is 17.3. The van der Waals surface area contributed by atoms with Crippen molar-refractivity contribution in [2.75, 3.05) is 13.1 Å². The maximum Gasteiger partial charge on any atom is 0.122 e. The summed E-state index contributed by atoms with van der Waals surface area (Å²) in [4.78, 5) is 0. The van der Waals surface area contributed by atoms with Crippen molar-refractivity contribution in [3.8, 4) is 5.75 Å². The van der Waals surface area contributed by atoms with Crippen molar-refractivity contribution in [1.29, 1.82) is 0 Å². The second-order valence-corrected chi connectivity index (χ2v) is 4.42. The van der Waals surface area contributed by atoms with Crippen molar-refractivity contribution in [1.82, 2.24) is 5.32 Å². The molecule has 88 valence electrons. The van der Waals surface area contributed by atoms with Gasteiger partial charge in [-0.2, -0.15) is 0 Å². The fourth-order valence-electron chi connectivity index (χ4n) is 2.19. The lowest BCUT2D eigenvalue weighted by molar-refractivity contribution is 0.161. The minimum atomic E-state index is 0.402. The smallest absolute Gasteiger partial charge is 0.122 e. The second kappa shape index (κ2) is 5.90. The third kappa shape index (κ3) is 2.99. The van der Waals surface area contributed by atoms with Crippen LogP contribution in [0.2, 0.25) is 0 Å². The molecule has 2 heteroatoms. The van der Waals surface area contributed by atoms with Gasteiger partial charge >= 0.3 is 0 Å². The number of hydrogen-bond donors (Lipinski definition) is 1. The van der Waals surface area contributed by atoms with Crippen LogP contribution in [0.15, 0.2) is 24.3 Å². The standard InChI is InChI=1S/C14H21NO/c1-2-5-12-6-3-4-7-14(12)16-13-8-10-15-11-9-13/h3-4,6-7,13,15H,2,5,8-11H2,1H3. The summed E-state index contributed by atoms with van der Waals surface area (Å²) in [7, 11) is 0. The zero-order valence-electron chi connectivity index (χ0n) is 10.0. The van der Waals surface area contributed by atoms with Crippen molar-refractivity contribution in [3.05, 3.63) is 29.8 Å². The summed E-state index contributed by atoms with van der Waals surface area (Å²) in [6.45, 7) is 4.38. The van der Waals surface area contributed by atoms with Gasteiger partial charge in [-0.05, 0) is 44.0 Å². The molecule has 0 aromatic heterocycles. The summed E-state index contributed by atoms with van der Waals surface area (Å²) in [6.07, 6.45) is 4.94. The molecule has 0 unspecified atom stereocenters. The van der Waals surface area contributed by atoms with Crippen LogP contribution >= 0.6 is 0 Å². The lowest BCUT2D eigenvalue weighted by Crippen LogP contribution is -2.34. The van der Waals surface area contributed by atoms with E-state index in [2.05, 4.69) is 36.5 Å². The molecule has 1 aromatic carbocycles. The fraction of sp³-hybridized carbons (Fsp3) is 0.571. The molecule has 2 rings (SSSR count). The van der Waals surface area contributed by atoms with E-state index in [1.54, 1.807) is 0 Å². The molecule has 0 saturated carbocycles. The van der Waals surface area contributed by atoms with E-state index in [0.29, 0.717) is 6.10 Å². The van der Waals surface area contributed by atoms with Crippen LogP contribution in [0.4, 0.5) is 0 Å². The minimum absolute atomic E-state index is 0.402. The summed E-state index contributed by atoms with van der Waals surface area (Å²) in [5.41, 5.74) is 1.35. The first-order valence-electron chi connectivity index (χ1n) is 6.35. The molecule has 2 nitrogen and oxygen atoms in total. The molecule has 1 heterocycles. The Hall–Kier alpha value is -1.02. The van der Waals surface area contributed by atoms with Crippen molar-refractivity contribution in [2.24, 2.45) is 0 Å². The predicted octanol–water partition coefficient (Wildman–Crippen LogP) is 2.77. The minimum Gasteiger partial charge on any atom is -0.490 e. The van der Waals surface area contributed by atoms with Gasteiger partial charge in [0.1, 0.15) is 11.9 Å². The maximum absolute atomic E-state index is 6.10. The molecule has 1 saturated heterocycles. The van der Waals surface area contributed by atoms with Gasteiger partial charge in [0.15, 0.2) is 0 Å². The Kier molecular flexibility index (Phi) is 4.23. The van der Waals surface area contributed by atoms with Gasteiger partial charge < -0.3 is 10.1 Å². The van der Waals surface area contributed by atoms with E-state index in [4.69, 9.17) is 4.74 Å². The highest BCUT2D eigenvalue weighted by Crippen LogP contribution is 2.22. The van der Waals surface area contributed by atoms with E-state index >= 15 is 0 Å². The predicted molar refractivity (Wildman–Crippen MR) is 67.0 cm³/mol. The van der Waals surface area contributed by atoms with E-state index in [1.165, 1.54) is 12.0 Å². The highest BCUT2D eigenvalue weighted by molar-refractivity contribution is 5.33. The Labute approximate surface area is 98.0 Å². The number of benzene rings is 1. The third-order valence-corrected chi connectivity index (χ3v) is 3.07. The van der Waals surface area contributed by atoms with Crippen molar-refractivity contribution >= 4 is 0 Å². The van der Waals surface area contributed by atoms with E-state index in [0.717, 1.165) is 38.1 Å². The molecule has 16 heavy (non-hydrogen) atoms. The number of hydrogen-bond acceptors (Lipinski definition) is 2. The monoisotopic (exact) mass is 219 g/mol. The SMILES string of the molecule is CCCc1ccccc1OC1CCNCC1. The first-order valence-corrected chi connectivity index (χ1v) is 6.35. The van der Waals surface area contributed by atoms with Gasteiger partial charge in [-0.1, -0.05) is 31.5 Å². The largest absolute Gasteiger partial charge is 0.490 e. The number of rotatable bonds is 4. The second-order valence-electron chi connectivity index (χ2n) is 4.42. The molecule has 0 atom stereocenters. The van der Waals surface area contributed by atoms with E-state index in [9.17, 15) is 0 Å². The van der Waals surface area contributed by atoms with Crippen LogP contribution in [0.1, 0.15) is 31.7 Å². The summed E-state index contributed by atoms with van der Waals surface area (Å²) in [6, 6.07) is 8.45. The van der Waals surface area contributed by atoms with Crippen molar-refractivity contribution < 1.29 is 4.74 Å². The molecule has 1 aliphatic rings. The molecule has 0 bridgehead atoms. The Morgan fingerprint density at radius 3 is 2.75 bits per heavy atom. The highest BCUT2D eigenvalue weighted by atomic mass is 16.5. The van der Waals surface area contributed by atoms with E-state index < -0.39 is 0 Å². The average Bonchev–Trinajstić information content (AvgIpc) is 2.33. The van der Waals surface area contributed by atoms with Gasteiger partial charge in [-0.15, -0.1) is 0 Å². The van der Waals surface area contributed by atoms with Gasteiger partial charge in [0.25, 0.3) is 0 Å². The Balaban J connectivity index is 2.01.